The molecule has 2 aromatic rings. The predicted octanol–water partition coefficient (Wildman–Crippen LogP) is 1.46. The number of carbonyl (C=O) groups is 13. The Hall–Kier alpha value is -10.4. The van der Waals surface area contributed by atoms with Crippen molar-refractivity contribution >= 4 is 138 Å². The summed E-state index contributed by atoms with van der Waals surface area (Å²) in [6, 6.07) is -1.96. The minimum Gasteiger partial charge on any atom is -0.492 e. The number of nitrogens with two attached hydrogens (primary N) is 1. The molecule has 0 aromatic heterocycles. The second kappa shape index (κ2) is 57.0. The summed E-state index contributed by atoms with van der Waals surface area (Å²) < 4.78 is 78.3. The van der Waals surface area contributed by atoms with Crippen molar-refractivity contribution in [2.75, 3.05) is 99.2 Å². The summed E-state index contributed by atoms with van der Waals surface area (Å²) in [5.74, 6) is 0.934. The summed E-state index contributed by atoms with van der Waals surface area (Å²) in [5.41, 5.74) is 7.69. The Labute approximate surface area is 893 Å². The van der Waals surface area contributed by atoms with Crippen LogP contribution in [0.15, 0.2) is 96.3 Å². The maximum atomic E-state index is 14.7. The van der Waals surface area contributed by atoms with Crippen LogP contribution in [0.2, 0.25) is 0 Å². The van der Waals surface area contributed by atoms with Gasteiger partial charge in [0.1, 0.15) is 68.3 Å². The summed E-state index contributed by atoms with van der Waals surface area (Å²) in [7, 11) is 8.90. The summed E-state index contributed by atoms with van der Waals surface area (Å²) in [6.45, 7) is 12.6. The van der Waals surface area contributed by atoms with Crippen LogP contribution in [0.3, 0.4) is 0 Å². The minimum atomic E-state index is -2.26. The number of likely N-dealkylation sites (N-methyl/N-ethyl adjacent to an activating group) is 1. The largest absolute Gasteiger partial charge is 0.492 e. The van der Waals surface area contributed by atoms with E-state index in [9.17, 15) is 98.1 Å². The van der Waals surface area contributed by atoms with E-state index in [2.05, 4.69) is 71.7 Å². The highest BCUT2D eigenvalue weighted by Crippen LogP contribution is 2.51. The summed E-state index contributed by atoms with van der Waals surface area (Å²) >= 11 is 2.66. The molecule has 50 heteroatoms. The Morgan fingerprint density at radius 2 is 1.47 bits per heavy atom. The Bertz CT molecular complexity index is 5440. The highest BCUT2D eigenvalue weighted by atomic mass is 127. The Morgan fingerprint density at radius 1 is 0.780 bits per heavy atom. The number of fused-ring (bicyclic) bond motifs is 2. The lowest BCUT2D eigenvalue weighted by atomic mass is 9.68. The average Bonchev–Trinajstić information content (AvgIpc) is 0.754. The molecule has 10 rings (SSSR count). The number of methoxy groups -OCH3 is 5. The van der Waals surface area contributed by atoms with Crippen LogP contribution in [0.4, 0.5) is 15.3 Å². The Kier molecular flexibility index (Phi) is 46.1. The lowest BCUT2D eigenvalue weighted by Crippen LogP contribution is -2.66. The number of hydrogen-bond acceptors (Lipinski definition) is 38. The number of ketones is 1. The van der Waals surface area contributed by atoms with Gasteiger partial charge in [0.05, 0.1) is 110 Å². The SMILES string of the molecule is CCN(C(=O)CNC(=O)OCc1ccc(NC(=O)[C@H](CC(N)=O)NC(=O)[C@H](C)NC(=O)[C@H](C)NC(=O)CCC(=O)N2CCC(C(=O)NC3=C/C=C\C=C/C=C\3)CC2)cc1)C1COC(OC2C(O[C@H]3C#C/C=C\C#C[C@]4(O)CC(=O)C(NC(=O)OC)C3/C4=C\CSSC(C)(C)CC(=O)NCC(O)CO)OC(C)C(NOC3CC(O)C(SC(=O)c4c(C)c(I)c(OC5(O)COC(C)C(O)C5OC)c(OC)c4OC)C(C)O3)C2O)CC1OC. The van der Waals surface area contributed by atoms with Crippen molar-refractivity contribution in [3.63, 3.8) is 0 Å². The van der Waals surface area contributed by atoms with Gasteiger partial charge in [0.15, 0.2) is 47.9 Å². The van der Waals surface area contributed by atoms with E-state index in [1.807, 2.05) is 40.8 Å². The van der Waals surface area contributed by atoms with Gasteiger partial charge in [0, 0.05) is 106 Å². The molecule has 824 valence electrons. The molecule has 18 N–H and O–H groups in total. The van der Waals surface area contributed by atoms with E-state index < -0.39 is 247 Å². The molecule has 150 heavy (non-hydrogen) atoms. The first-order valence-corrected chi connectivity index (χ1v) is 53.0. The number of thioether (sulfide) groups is 1. The number of rotatable bonds is 45. The van der Waals surface area contributed by atoms with Gasteiger partial charge in [-0.2, -0.15) is 5.48 Å². The third-order valence-corrected chi connectivity index (χ3v) is 31.7. The van der Waals surface area contributed by atoms with Gasteiger partial charge >= 0.3 is 12.2 Å². The molecule has 19 unspecified atom stereocenters. The monoisotopic (exact) mass is 2270 g/mol. The van der Waals surface area contributed by atoms with Gasteiger partial charge in [-0.05, 0) is 151 Å². The predicted molar refractivity (Wildman–Crippen MR) is 551 cm³/mol. The number of piperidine rings is 1. The zero-order valence-corrected chi connectivity index (χ0v) is 90.1. The van der Waals surface area contributed by atoms with Crippen LogP contribution in [0.1, 0.15) is 135 Å². The number of hydroxylamine groups is 1. The first-order chi connectivity index (χ1) is 71.3. The number of aliphatic hydroxyl groups excluding tert-OH is 5. The lowest BCUT2D eigenvalue weighted by Gasteiger charge is -2.48. The number of alkyl carbamates (subject to hydrolysis) is 2. The molecular formula is C100H135IN12O34S3. The number of halogens is 1. The minimum absolute atomic E-state index is 0.0263. The van der Waals surface area contributed by atoms with E-state index in [4.69, 9.17) is 72.2 Å². The van der Waals surface area contributed by atoms with Gasteiger partial charge in [-0.15, -0.1) is 0 Å². The molecular weight excluding hydrogens is 2140 g/mol. The van der Waals surface area contributed by atoms with E-state index in [0.717, 1.165) is 18.9 Å². The second-order valence-corrected chi connectivity index (χ2v) is 42.6. The average molecular weight is 2270 g/mol. The first-order valence-electron chi connectivity index (χ1n) is 48.7. The molecule has 6 fully saturated rings. The number of aliphatic hydroxyl groups is 7. The van der Waals surface area contributed by atoms with E-state index >= 15 is 0 Å². The topological polar surface area (TPSA) is 634 Å². The van der Waals surface area contributed by atoms with Crippen LogP contribution in [-0.2, 0) is 107 Å². The number of anilines is 1. The molecule has 0 radical (unpaired) electrons. The third-order valence-electron chi connectivity index (χ3n) is 25.9. The van der Waals surface area contributed by atoms with Crippen LogP contribution in [0, 0.1) is 46.0 Å². The van der Waals surface area contributed by atoms with E-state index in [0.29, 0.717) is 46.3 Å². The number of ether oxygens (including phenoxy) is 13. The first kappa shape index (κ1) is 121. The van der Waals surface area contributed by atoms with E-state index in [1.54, 1.807) is 83.7 Å². The number of benzene rings is 2. The second-order valence-electron chi connectivity index (χ2n) is 37.3. The number of hydrogen-bond donors (Lipinski definition) is 17. The van der Waals surface area contributed by atoms with Crippen molar-refractivity contribution in [2.45, 2.75) is 270 Å². The van der Waals surface area contributed by atoms with Gasteiger partial charge in [0.2, 0.25) is 64.0 Å². The Balaban J connectivity index is 0.776. The molecule has 3 aliphatic carbocycles. The molecule has 2 bridgehead atoms. The van der Waals surface area contributed by atoms with Gasteiger partial charge < -0.3 is 155 Å². The molecule has 0 spiro atoms. The Morgan fingerprint density at radius 3 is 2.15 bits per heavy atom. The quantitative estimate of drug-likeness (QED) is 0.00849. The van der Waals surface area contributed by atoms with Crippen molar-refractivity contribution in [2.24, 2.45) is 17.6 Å². The number of likely N-dealkylation sites (tertiary alicyclic amines) is 1. The molecule has 5 aliphatic heterocycles. The standard InChI is InChI=1S/C100H135IN12O34S3/c1-15-113(74(122)47-104-96(130)140-49-58-28-30-61(31-29-58)108-93(128)64(41-70(102)118)109-91(126)54(4)106-90(125)53(3)105-71(119)32-33-73(121)112-38-34-59(35-39-112)92(127)107-60-25-21-17-16-18-22-26-60)65-50-139-75(43-69(65)134-10)145-86-83(124)80(111-147-76-42-66(116)88(57(7)142-76)149-94(129)77-52(2)79(101)85(87(136-12)84(77)135-11)146-100(133)51-141-56(6)82(123)89(100)137-13)55(5)143-95(86)144-68-27-23-19-20-24-37-99(132)44-67(117)81(110-97(131)138-14)78(68)63(99)36-40-148-150-98(8,9)45-72(120)103-46-62(115)48-114/h16-22,25-26,28-31,36,53-57,59,62,64-66,68-69,75-76,78,80-83,86,88-89,95,111,114-116,123-124,132-133H,15,32-35,38-51H2,1-14H3,(H2,102,118)(H,103,120)(H,104,130)(H,105,119)(H,106,125)(H,107,127)(H,108,128)(H,109,126)(H,110,131)/b17-16-,18-16?,20-19-,21-17?,22-18-,25-21-,26-22?,60-25?,60-26+,63-36+/t53-,54-,55?,56?,57?,62?,64-,65?,66?,68-,69?,75?,76?,78?,80?,81?,82?,83?,86?,88?,89?,95?,99-,100?/m0/s1. The van der Waals surface area contributed by atoms with Crippen molar-refractivity contribution < 1.29 is 164 Å². The maximum Gasteiger partial charge on any atom is 0.407 e. The summed E-state index contributed by atoms with van der Waals surface area (Å²) in [6.07, 6.45) is -4.82. The number of Topliss-reactive ketones (excluding diaryl/α,β-unsaturated/α-hetero) is 1. The molecule has 2 aromatic carbocycles. The molecule has 1 saturated carbocycles. The van der Waals surface area contributed by atoms with E-state index in [1.165, 1.54) is 105 Å². The fourth-order valence-corrected chi connectivity index (χ4v) is 21.9. The van der Waals surface area contributed by atoms with Crippen molar-refractivity contribution in [3.8, 4) is 40.9 Å². The van der Waals surface area contributed by atoms with Crippen molar-refractivity contribution in [1.82, 2.24) is 52.5 Å². The van der Waals surface area contributed by atoms with Crippen LogP contribution < -0.4 is 68.0 Å². The maximum absolute atomic E-state index is 14.7. The van der Waals surface area contributed by atoms with Gasteiger partial charge in [-0.25, -0.2) is 9.59 Å². The molecule has 24 atom stereocenters. The zero-order valence-electron chi connectivity index (χ0n) is 85.5. The molecule has 11 amide bonds. The van der Waals surface area contributed by atoms with Gasteiger partial charge in [-0.1, -0.05) is 106 Å². The fraction of sp³-hybridized carbons (Fsp3) is 0.590. The normalized spacial score (nSPS) is 29.0. The van der Waals surface area contributed by atoms with Crippen LogP contribution in [-0.4, -0.2) is 359 Å². The molecule has 8 aliphatic rings. The highest BCUT2D eigenvalue weighted by molar-refractivity contribution is 14.1. The number of primary amides is 1. The van der Waals surface area contributed by atoms with Crippen LogP contribution >= 0.6 is 55.9 Å². The van der Waals surface area contributed by atoms with Gasteiger partial charge in [-0.3, -0.25) is 57.6 Å². The number of allylic oxidation sites excluding steroid dienone is 9. The smallest absolute Gasteiger partial charge is 0.407 e. The molecule has 46 nitrogen and oxygen atoms in total. The van der Waals surface area contributed by atoms with Crippen molar-refractivity contribution in [3.05, 3.63) is 117 Å². The number of nitrogens with zero attached hydrogens (tertiary/aromatic N) is 2. The number of nitrogens with one attached hydrogen (secondary N) is 9. The van der Waals surface area contributed by atoms with Gasteiger partial charge in [0.25, 0.3) is 5.79 Å². The molecule has 5 heterocycles. The zero-order chi connectivity index (χ0) is 110. The van der Waals surface area contributed by atoms with Crippen LogP contribution in [0.25, 0.3) is 0 Å². The summed E-state index contributed by atoms with van der Waals surface area (Å²) in [5, 5.41) is 98.8. The van der Waals surface area contributed by atoms with Crippen LogP contribution in [0.5, 0.6) is 17.2 Å². The highest BCUT2D eigenvalue weighted by Gasteiger charge is 2.57. The van der Waals surface area contributed by atoms with Crippen molar-refractivity contribution in [1.29, 1.82) is 0 Å². The summed E-state index contributed by atoms with van der Waals surface area (Å²) in [4.78, 5) is 184. The third kappa shape index (κ3) is 33.1. The number of amides is 11. The lowest BCUT2D eigenvalue weighted by molar-refractivity contribution is -0.340. The van der Waals surface area contributed by atoms with E-state index in [-0.39, 0.29) is 116 Å². The number of carbonyl (C=O) groups excluding carboxylic acids is 13. The fourth-order valence-electron chi connectivity index (χ4n) is 17.8. The molecule has 5 saturated heterocycles.